The summed E-state index contributed by atoms with van der Waals surface area (Å²) in [6, 6.07) is 0.271. The molecule has 0 aromatic carbocycles. The zero-order valence-electron chi connectivity index (χ0n) is 5.64. The maximum absolute atomic E-state index is 10.9. The third-order valence-electron chi connectivity index (χ3n) is 2.48. The Hall–Kier alpha value is -0.240. The SMILES string of the molecule is O=C1C[C@H]2CC[C@@H](N1)[C@H]2Cl. The first kappa shape index (κ1) is 6.47. The van der Waals surface area contributed by atoms with Gasteiger partial charge in [-0.3, -0.25) is 4.79 Å². The molecule has 2 nitrogen and oxygen atoms in total. The Morgan fingerprint density at radius 3 is 3.00 bits per heavy atom. The Kier molecular flexibility index (Phi) is 1.37. The second kappa shape index (κ2) is 2.12. The van der Waals surface area contributed by atoms with Gasteiger partial charge >= 0.3 is 0 Å². The third-order valence-corrected chi connectivity index (χ3v) is 3.14. The number of carbonyl (C=O) groups is 1. The molecule has 1 amide bonds. The van der Waals surface area contributed by atoms with Crippen LogP contribution in [0, 0.1) is 5.92 Å². The van der Waals surface area contributed by atoms with Crippen molar-refractivity contribution in [1.29, 1.82) is 0 Å². The standard InChI is InChI=1S/C7H10ClNO/c8-7-4-1-2-5(7)9-6(10)3-4/h4-5,7H,1-3H2,(H,9,10)/t4-,5-,7+/m1/s1. The summed E-state index contributed by atoms with van der Waals surface area (Å²) in [6.07, 6.45) is 2.84. The average Bonchev–Trinajstić information content (AvgIpc) is 2.20. The van der Waals surface area contributed by atoms with Crippen LogP contribution in [0.3, 0.4) is 0 Å². The summed E-state index contributed by atoms with van der Waals surface area (Å²) in [5.74, 6) is 0.643. The highest BCUT2D eigenvalue weighted by molar-refractivity contribution is 6.22. The summed E-state index contributed by atoms with van der Waals surface area (Å²) < 4.78 is 0. The molecule has 2 rings (SSSR count). The molecule has 0 aromatic rings. The molecule has 1 saturated heterocycles. The highest BCUT2D eigenvalue weighted by Gasteiger charge is 2.40. The first-order chi connectivity index (χ1) is 4.77. The van der Waals surface area contributed by atoms with Gasteiger partial charge in [0.25, 0.3) is 0 Å². The van der Waals surface area contributed by atoms with Crippen molar-refractivity contribution in [1.82, 2.24) is 5.32 Å². The number of carbonyl (C=O) groups excluding carboxylic acids is 1. The molecule has 3 heteroatoms. The minimum atomic E-state index is 0.185. The number of piperidine rings is 1. The van der Waals surface area contributed by atoms with E-state index in [2.05, 4.69) is 5.32 Å². The largest absolute Gasteiger partial charge is 0.352 e. The Balaban J connectivity index is 2.16. The van der Waals surface area contributed by atoms with E-state index >= 15 is 0 Å². The minimum absolute atomic E-state index is 0.185. The summed E-state index contributed by atoms with van der Waals surface area (Å²) in [5, 5.41) is 3.09. The van der Waals surface area contributed by atoms with Gasteiger partial charge in [0.2, 0.25) is 5.91 Å². The molecule has 3 atom stereocenters. The van der Waals surface area contributed by atoms with Gasteiger partial charge in [-0.25, -0.2) is 0 Å². The van der Waals surface area contributed by atoms with E-state index in [4.69, 9.17) is 11.6 Å². The molecule has 2 fully saturated rings. The van der Waals surface area contributed by atoms with E-state index < -0.39 is 0 Å². The van der Waals surface area contributed by atoms with Gasteiger partial charge in [0, 0.05) is 12.5 Å². The molecule has 0 unspecified atom stereocenters. The predicted molar refractivity (Wildman–Crippen MR) is 38.9 cm³/mol. The number of fused-ring (bicyclic) bond motifs is 2. The monoisotopic (exact) mass is 159 g/mol. The number of alkyl halides is 1. The first-order valence-electron chi connectivity index (χ1n) is 3.71. The predicted octanol–water partition coefficient (Wildman–Crippen LogP) is 0.892. The molecule has 2 aliphatic rings. The molecule has 0 radical (unpaired) electrons. The number of hydrogen-bond donors (Lipinski definition) is 1. The summed E-state index contributed by atoms with van der Waals surface area (Å²) >= 11 is 6.03. The molecule has 1 N–H and O–H groups in total. The summed E-state index contributed by atoms with van der Waals surface area (Å²) in [5.41, 5.74) is 0. The van der Waals surface area contributed by atoms with Gasteiger partial charge < -0.3 is 5.32 Å². The first-order valence-corrected chi connectivity index (χ1v) is 4.14. The molecule has 1 heterocycles. The van der Waals surface area contributed by atoms with Crippen LogP contribution in [-0.2, 0) is 4.79 Å². The average molecular weight is 160 g/mol. The fourth-order valence-corrected chi connectivity index (χ4v) is 2.31. The normalized spacial score (nSPS) is 45.3. The molecule has 56 valence electrons. The fraction of sp³-hybridized carbons (Fsp3) is 0.857. The second-order valence-corrected chi connectivity index (χ2v) is 3.66. The van der Waals surface area contributed by atoms with E-state index in [1.165, 1.54) is 0 Å². The molecular formula is C7H10ClNO. The van der Waals surface area contributed by atoms with Crippen molar-refractivity contribution in [3.8, 4) is 0 Å². The molecule has 0 aromatic heterocycles. The van der Waals surface area contributed by atoms with Crippen LogP contribution in [-0.4, -0.2) is 17.3 Å². The van der Waals surface area contributed by atoms with Gasteiger partial charge in [-0.2, -0.15) is 0 Å². The molecule has 1 aliphatic heterocycles. The zero-order chi connectivity index (χ0) is 7.14. The van der Waals surface area contributed by atoms with Crippen molar-refractivity contribution in [2.24, 2.45) is 5.92 Å². The van der Waals surface area contributed by atoms with Crippen LogP contribution in [0.5, 0.6) is 0 Å². The lowest BCUT2D eigenvalue weighted by Crippen LogP contribution is -2.44. The lowest BCUT2D eigenvalue weighted by molar-refractivity contribution is -0.123. The van der Waals surface area contributed by atoms with Crippen LogP contribution in [0.1, 0.15) is 19.3 Å². The molecule has 1 saturated carbocycles. The van der Waals surface area contributed by atoms with Crippen LogP contribution < -0.4 is 5.32 Å². The topological polar surface area (TPSA) is 29.1 Å². The third kappa shape index (κ3) is 0.823. The zero-order valence-corrected chi connectivity index (χ0v) is 6.40. The van der Waals surface area contributed by atoms with Crippen LogP contribution in [0.25, 0.3) is 0 Å². The van der Waals surface area contributed by atoms with Gasteiger partial charge in [0.15, 0.2) is 0 Å². The number of nitrogens with one attached hydrogen (secondary N) is 1. The Bertz CT molecular complexity index is 155. The Morgan fingerprint density at radius 1 is 1.50 bits per heavy atom. The Labute approximate surface area is 64.9 Å². The Morgan fingerprint density at radius 2 is 2.30 bits per heavy atom. The van der Waals surface area contributed by atoms with Gasteiger partial charge in [0.05, 0.1) is 5.38 Å². The number of rotatable bonds is 0. The number of halogens is 1. The van der Waals surface area contributed by atoms with Gasteiger partial charge in [0.1, 0.15) is 0 Å². The van der Waals surface area contributed by atoms with Crippen molar-refractivity contribution in [2.45, 2.75) is 30.7 Å². The van der Waals surface area contributed by atoms with Crippen LogP contribution in [0.15, 0.2) is 0 Å². The molecule has 10 heavy (non-hydrogen) atoms. The summed E-state index contributed by atoms with van der Waals surface area (Å²) in [4.78, 5) is 10.9. The van der Waals surface area contributed by atoms with E-state index in [0.717, 1.165) is 12.8 Å². The van der Waals surface area contributed by atoms with Crippen LogP contribution in [0.4, 0.5) is 0 Å². The van der Waals surface area contributed by atoms with Crippen molar-refractivity contribution in [2.75, 3.05) is 0 Å². The summed E-state index contributed by atoms with van der Waals surface area (Å²) in [7, 11) is 0. The fourth-order valence-electron chi connectivity index (χ4n) is 1.91. The molecule has 2 bridgehead atoms. The van der Waals surface area contributed by atoms with Crippen molar-refractivity contribution >= 4 is 17.5 Å². The van der Waals surface area contributed by atoms with E-state index in [-0.39, 0.29) is 17.3 Å². The highest BCUT2D eigenvalue weighted by atomic mass is 35.5. The van der Waals surface area contributed by atoms with E-state index in [9.17, 15) is 4.79 Å². The minimum Gasteiger partial charge on any atom is -0.352 e. The lowest BCUT2D eigenvalue weighted by Gasteiger charge is -2.25. The van der Waals surface area contributed by atoms with Gasteiger partial charge in [-0.1, -0.05) is 0 Å². The van der Waals surface area contributed by atoms with Crippen LogP contribution >= 0.6 is 11.6 Å². The number of hydrogen-bond acceptors (Lipinski definition) is 1. The van der Waals surface area contributed by atoms with Gasteiger partial charge in [-0.15, -0.1) is 11.6 Å². The van der Waals surface area contributed by atoms with Crippen molar-refractivity contribution in [3.05, 3.63) is 0 Å². The molecule has 1 aliphatic carbocycles. The molecular weight excluding hydrogens is 150 g/mol. The number of amides is 1. The molecule has 0 spiro atoms. The van der Waals surface area contributed by atoms with Gasteiger partial charge in [-0.05, 0) is 18.8 Å². The van der Waals surface area contributed by atoms with Crippen molar-refractivity contribution in [3.63, 3.8) is 0 Å². The lowest BCUT2D eigenvalue weighted by atomic mass is 10.00. The maximum Gasteiger partial charge on any atom is 0.220 e. The smallest absolute Gasteiger partial charge is 0.220 e. The van der Waals surface area contributed by atoms with E-state index in [1.807, 2.05) is 0 Å². The quantitative estimate of drug-likeness (QED) is 0.523. The highest BCUT2D eigenvalue weighted by Crippen LogP contribution is 2.35. The second-order valence-electron chi connectivity index (χ2n) is 3.16. The maximum atomic E-state index is 10.9. The van der Waals surface area contributed by atoms with Crippen LogP contribution in [0.2, 0.25) is 0 Å². The van der Waals surface area contributed by atoms with Crippen molar-refractivity contribution < 1.29 is 4.79 Å². The van der Waals surface area contributed by atoms with E-state index in [0.29, 0.717) is 12.3 Å². The van der Waals surface area contributed by atoms with E-state index in [1.54, 1.807) is 0 Å². The summed E-state index contributed by atoms with van der Waals surface area (Å²) in [6.45, 7) is 0.